The van der Waals surface area contributed by atoms with Crippen molar-refractivity contribution in [3.05, 3.63) is 16.0 Å². The Labute approximate surface area is 96.8 Å². The lowest BCUT2D eigenvalue weighted by Crippen LogP contribution is -2.22. The molecule has 0 atom stereocenters. The molecular formula is C12H23N3O. The molecule has 0 aromatic carbocycles. The fraction of sp³-hybridized carbons (Fsp3) is 0.750. The minimum atomic E-state index is -0.0654. The van der Waals surface area contributed by atoms with Gasteiger partial charge in [-0.2, -0.15) is 0 Å². The maximum absolute atomic E-state index is 11.9. The topological polar surface area (TPSA) is 63.8 Å². The molecule has 1 aromatic heterocycles. The van der Waals surface area contributed by atoms with Gasteiger partial charge in [-0.05, 0) is 25.2 Å². The summed E-state index contributed by atoms with van der Waals surface area (Å²) in [6.07, 6.45) is 2.71. The molecule has 1 heterocycles. The lowest BCUT2D eigenvalue weighted by atomic mass is 10.1. The van der Waals surface area contributed by atoms with E-state index in [4.69, 9.17) is 5.73 Å². The highest BCUT2D eigenvalue weighted by molar-refractivity contribution is 5.41. The van der Waals surface area contributed by atoms with E-state index in [2.05, 4.69) is 32.8 Å². The van der Waals surface area contributed by atoms with Crippen molar-refractivity contribution < 1.29 is 0 Å². The Morgan fingerprint density at radius 3 is 2.31 bits per heavy atom. The molecule has 3 N–H and O–H groups in total. The van der Waals surface area contributed by atoms with E-state index in [-0.39, 0.29) is 11.6 Å². The molecule has 1 aromatic rings. The number of aromatic nitrogens is 2. The van der Waals surface area contributed by atoms with Gasteiger partial charge in [-0.15, -0.1) is 0 Å². The molecule has 92 valence electrons. The van der Waals surface area contributed by atoms with Gasteiger partial charge < -0.3 is 5.73 Å². The third kappa shape index (κ3) is 2.49. The molecular weight excluding hydrogens is 202 g/mol. The van der Waals surface area contributed by atoms with E-state index in [1.54, 1.807) is 4.68 Å². The molecule has 0 saturated carbocycles. The summed E-state index contributed by atoms with van der Waals surface area (Å²) >= 11 is 0. The quantitative estimate of drug-likeness (QED) is 0.807. The molecule has 0 radical (unpaired) electrons. The van der Waals surface area contributed by atoms with Crippen LogP contribution < -0.4 is 11.3 Å². The summed E-state index contributed by atoms with van der Waals surface area (Å²) in [4.78, 5) is 11.9. The third-order valence-electron chi connectivity index (χ3n) is 2.95. The van der Waals surface area contributed by atoms with Gasteiger partial charge in [-0.25, -0.2) is 4.68 Å². The molecule has 0 aliphatic carbocycles. The van der Waals surface area contributed by atoms with Crippen LogP contribution in [0.3, 0.4) is 0 Å². The van der Waals surface area contributed by atoms with Crippen LogP contribution in [0, 0.1) is 5.92 Å². The van der Waals surface area contributed by atoms with E-state index in [9.17, 15) is 4.79 Å². The molecule has 1 rings (SSSR count). The standard InChI is InChI=1S/C12H23N3O/c1-5-9(6-2)15-12(16)11(13)10(14-15)7-8(3)4/h8-9,14H,5-7,13H2,1-4H3. The molecule has 0 aliphatic heterocycles. The molecule has 4 nitrogen and oxygen atoms in total. The number of aromatic amines is 1. The molecule has 0 saturated heterocycles. The number of rotatable bonds is 5. The van der Waals surface area contributed by atoms with Gasteiger partial charge in [0.25, 0.3) is 5.56 Å². The molecule has 0 amide bonds. The minimum absolute atomic E-state index is 0.0654. The highest BCUT2D eigenvalue weighted by Crippen LogP contribution is 2.16. The highest BCUT2D eigenvalue weighted by Gasteiger charge is 2.16. The van der Waals surface area contributed by atoms with Crippen molar-refractivity contribution in [2.24, 2.45) is 5.92 Å². The van der Waals surface area contributed by atoms with Crippen LogP contribution in [-0.2, 0) is 6.42 Å². The highest BCUT2D eigenvalue weighted by atomic mass is 16.1. The zero-order valence-corrected chi connectivity index (χ0v) is 10.7. The van der Waals surface area contributed by atoms with Crippen LogP contribution in [0.2, 0.25) is 0 Å². The van der Waals surface area contributed by atoms with Gasteiger partial charge in [0.05, 0.1) is 11.7 Å². The van der Waals surface area contributed by atoms with E-state index in [1.165, 1.54) is 0 Å². The Morgan fingerprint density at radius 1 is 1.31 bits per heavy atom. The summed E-state index contributed by atoms with van der Waals surface area (Å²) in [5.41, 5.74) is 7.04. The van der Waals surface area contributed by atoms with Crippen LogP contribution in [-0.4, -0.2) is 9.78 Å². The van der Waals surface area contributed by atoms with Gasteiger partial charge in [0.15, 0.2) is 0 Å². The molecule has 4 heteroatoms. The van der Waals surface area contributed by atoms with E-state index < -0.39 is 0 Å². The van der Waals surface area contributed by atoms with Crippen molar-refractivity contribution in [1.29, 1.82) is 0 Å². The van der Waals surface area contributed by atoms with Crippen molar-refractivity contribution in [2.75, 3.05) is 5.73 Å². The first-order valence-electron chi connectivity index (χ1n) is 6.10. The van der Waals surface area contributed by atoms with Gasteiger partial charge >= 0.3 is 0 Å². The van der Waals surface area contributed by atoms with Gasteiger partial charge in [0, 0.05) is 0 Å². The second-order valence-corrected chi connectivity index (χ2v) is 4.75. The molecule has 0 spiro atoms. The molecule has 0 bridgehead atoms. The fourth-order valence-electron chi connectivity index (χ4n) is 1.99. The van der Waals surface area contributed by atoms with E-state index in [0.717, 1.165) is 25.0 Å². The zero-order chi connectivity index (χ0) is 12.3. The maximum atomic E-state index is 11.9. The van der Waals surface area contributed by atoms with Crippen LogP contribution in [0.15, 0.2) is 4.79 Å². The predicted octanol–water partition coefficient (Wildman–Crippen LogP) is 2.32. The average molecular weight is 225 g/mol. The fourth-order valence-corrected chi connectivity index (χ4v) is 1.99. The average Bonchev–Trinajstić information content (AvgIpc) is 2.48. The summed E-state index contributed by atoms with van der Waals surface area (Å²) in [5, 5.41) is 3.16. The zero-order valence-electron chi connectivity index (χ0n) is 10.7. The van der Waals surface area contributed by atoms with Crippen molar-refractivity contribution >= 4 is 5.69 Å². The van der Waals surface area contributed by atoms with Crippen LogP contribution >= 0.6 is 0 Å². The number of nitrogens with zero attached hydrogens (tertiary/aromatic N) is 1. The molecule has 16 heavy (non-hydrogen) atoms. The Morgan fingerprint density at radius 2 is 1.88 bits per heavy atom. The first-order chi connectivity index (χ1) is 7.51. The second kappa shape index (κ2) is 5.23. The number of nitrogen functional groups attached to an aromatic ring is 1. The lowest BCUT2D eigenvalue weighted by molar-refractivity contribution is 0.413. The number of hydrogen-bond donors (Lipinski definition) is 2. The second-order valence-electron chi connectivity index (χ2n) is 4.75. The monoisotopic (exact) mass is 225 g/mol. The van der Waals surface area contributed by atoms with Crippen LogP contribution in [0.25, 0.3) is 0 Å². The third-order valence-corrected chi connectivity index (χ3v) is 2.95. The SMILES string of the molecule is CCC(CC)n1[nH]c(CC(C)C)c(N)c1=O. The van der Waals surface area contributed by atoms with Crippen molar-refractivity contribution in [1.82, 2.24) is 9.78 Å². The summed E-state index contributed by atoms with van der Waals surface area (Å²) in [7, 11) is 0. The van der Waals surface area contributed by atoms with Crippen LogP contribution in [0.1, 0.15) is 52.3 Å². The van der Waals surface area contributed by atoms with E-state index in [0.29, 0.717) is 11.6 Å². The summed E-state index contributed by atoms with van der Waals surface area (Å²) < 4.78 is 1.69. The Hall–Kier alpha value is -1.19. The lowest BCUT2D eigenvalue weighted by Gasteiger charge is -2.12. The van der Waals surface area contributed by atoms with Gasteiger partial charge in [0.1, 0.15) is 5.69 Å². The Kier molecular flexibility index (Phi) is 4.21. The first-order valence-corrected chi connectivity index (χ1v) is 6.10. The molecule has 0 aliphatic rings. The van der Waals surface area contributed by atoms with Gasteiger partial charge in [0.2, 0.25) is 0 Å². The van der Waals surface area contributed by atoms with Crippen LogP contribution in [0.4, 0.5) is 5.69 Å². The Balaban J connectivity index is 3.08. The minimum Gasteiger partial charge on any atom is -0.393 e. The smallest absolute Gasteiger partial charge is 0.290 e. The number of H-pyrrole nitrogens is 1. The predicted molar refractivity (Wildman–Crippen MR) is 67.6 cm³/mol. The van der Waals surface area contributed by atoms with Crippen molar-refractivity contribution in [2.45, 2.75) is 53.0 Å². The van der Waals surface area contributed by atoms with E-state index >= 15 is 0 Å². The largest absolute Gasteiger partial charge is 0.393 e. The maximum Gasteiger partial charge on any atom is 0.290 e. The molecule has 0 fully saturated rings. The van der Waals surface area contributed by atoms with Crippen molar-refractivity contribution in [3.8, 4) is 0 Å². The first kappa shape index (κ1) is 12.9. The van der Waals surface area contributed by atoms with Gasteiger partial charge in [-0.3, -0.25) is 9.89 Å². The van der Waals surface area contributed by atoms with Crippen LogP contribution in [0.5, 0.6) is 0 Å². The number of nitrogens with two attached hydrogens (primary N) is 1. The van der Waals surface area contributed by atoms with Crippen molar-refractivity contribution in [3.63, 3.8) is 0 Å². The number of nitrogens with one attached hydrogen (secondary N) is 1. The van der Waals surface area contributed by atoms with Gasteiger partial charge in [-0.1, -0.05) is 27.7 Å². The number of anilines is 1. The number of hydrogen-bond acceptors (Lipinski definition) is 2. The summed E-state index contributed by atoms with van der Waals surface area (Å²) in [5.74, 6) is 0.496. The normalized spacial score (nSPS) is 11.6. The summed E-state index contributed by atoms with van der Waals surface area (Å²) in [6.45, 7) is 8.40. The molecule has 0 unspecified atom stereocenters. The Bertz CT molecular complexity index is 385. The summed E-state index contributed by atoms with van der Waals surface area (Å²) in [6, 6.07) is 0.232. The van der Waals surface area contributed by atoms with E-state index in [1.807, 2.05) is 0 Å².